The summed E-state index contributed by atoms with van der Waals surface area (Å²) in [6, 6.07) is 4.48. The van der Waals surface area contributed by atoms with E-state index in [1.165, 1.54) is 12.1 Å². The molecule has 100 valence electrons. The van der Waals surface area contributed by atoms with Gasteiger partial charge in [0, 0.05) is 25.6 Å². The second-order valence-corrected chi connectivity index (χ2v) is 4.41. The van der Waals surface area contributed by atoms with Crippen molar-refractivity contribution in [3.05, 3.63) is 23.8 Å². The van der Waals surface area contributed by atoms with Crippen molar-refractivity contribution in [3.63, 3.8) is 0 Å². The molecule has 18 heavy (non-hydrogen) atoms. The number of aromatic hydroxyl groups is 2. The predicted molar refractivity (Wildman–Crippen MR) is 70.7 cm³/mol. The van der Waals surface area contributed by atoms with Crippen LogP contribution in [0, 0.1) is 0 Å². The van der Waals surface area contributed by atoms with E-state index in [1.807, 2.05) is 20.8 Å². The fourth-order valence-electron chi connectivity index (χ4n) is 2.03. The number of hydrogen-bond acceptors (Lipinski definition) is 3. The van der Waals surface area contributed by atoms with E-state index in [0.717, 1.165) is 0 Å². The van der Waals surface area contributed by atoms with E-state index in [4.69, 9.17) is 0 Å². The molecule has 4 nitrogen and oxygen atoms in total. The molecule has 1 aromatic carbocycles. The van der Waals surface area contributed by atoms with Gasteiger partial charge in [0.25, 0.3) is 0 Å². The molecule has 1 amide bonds. The summed E-state index contributed by atoms with van der Waals surface area (Å²) in [5.41, 5.74) is 0.688. The zero-order valence-electron chi connectivity index (χ0n) is 11.2. The molecular weight excluding hydrogens is 230 g/mol. The molecule has 0 aliphatic heterocycles. The first-order valence-corrected chi connectivity index (χ1v) is 6.29. The Bertz CT molecular complexity index is 414. The summed E-state index contributed by atoms with van der Waals surface area (Å²) in [5.74, 6) is 0.0760. The lowest BCUT2D eigenvalue weighted by atomic mass is 9.96. The third-order valence-corrected chi connectivity index (χ3v) is 3.14. The summed E-state index contributed by atoms with van der Waals surface area (Å²) >= 11 is 0. The van der Waals surface area contributed by atoms with Gasteiger partial charge in [-0.15, -0.1) is 0 Å². The largest absolute Gasteiger partial charge is 0.508 e. The highest BCUT2D eigenvalue weighted by Crippen LogP contribution is 2.31. The van der Waals surface area contributed by atoms with Crippen LogP contribution in [0.1, 0.15) is 38.7 Å². The smallest absolute Gasteiger partial charge is 0.223 e. The molecule has 0 aliphatic carbocycles. The quantitative estimate of drug-likeness (QED) is 0.845. The molecule has 0 bridgehead atoms. The SMILES string of the molecule is CCN(CC)C(=O)CC(C)c1ccc(O)cc1O. The summed E-state index contributed by atoms with van der Waals surface area (Å²) < 4.78 is 0. The zero-order chi connectivity index (χ0) is 13.7. The lowest BCUT2D eigenvalue weighted by molar-refractivity contribution is -0.131. The van der Waals surface area contributed by atoms with Crippen LogP contribution in [-0.4, -0.2) is 34.1 Å². The zero-order valence-corrected chi connectivity index (χ0v) is 11.2. The van der Waals surface area contributed by atoms with Crippen LogP contribution in [0.4, 0.5) is 0 Å². The molecule has 0 heterocycles. The molecule has 4 heteroatoms. The first-order valence-electron chi connectivity index (χ1n) is 6.29. The van der Waals surface area contributed by atoms with Crippen molar-refractivity contribution in [1.29, 1.82) is 0 Å². The number of carbonyl (C=O) groups excluding carboxylic acids is 1. The second kappa shape index (κ2) is 6.28. The van der Waals surface area contributed by atoms with Crippen molar-refractivity contribution in [2.24, 2.45) is 0 Å². The first kappa shape index (κ1) is 14.4. The van der Waals surface area contributed by atoms with Gasteiger partial charge in [0.15, 0.2) is 0 Å². The number of phenols is 2. The highest BCUT2D eigenvalue weighted by Gasteiger charge is 2.17. The minimum atomic E-state index is -0.0706. The Morgan fingerprint density at radius 3 is 2.39 bits per heavy atom. The van der Waals surface area contributed by atoms with Gasteiger partial charge in [0.2, 0.25) is 5.91 Å². The fraction of sp³-hybridized carbons (Fsp3) is 0.500. The minimum Gasteiger partial charge on any atom is -0.508 e. The molecule has 1 unspecified atom stereocenters. The van der Waals surface area contributed by atoms with Crippen molar-refractivity contribution in [1.82, 2.24) is 4.90 Å². The van der Waals surface area contributed by atoms with Gasteiger partial charge in [-0.3, -0.25) is 4.79 Å². The summed E-state index contributed by atoms with van der Waals surface area (Å²) in [5, 5.41) is 19.0. The Balaban J connectivity index is 2.76. The van der Waals surface area contributed by atoms with E-state index in [0.29, 0.717) is 25.1 Å². The molecular formula is C14H21NO3. The molecule has 0 saturated heterocycles. The number of rotatable bonds is 5. The Morgan fingerprint density at radius 1 is 1.28 bits per heavy atom. The van der Waals surface area contributed by atoms with Crippen LogP contribution in [0.15, 0.2) is 18.2 Å². The lowest BCUT2D eigenvalue weighted by Gasteiger charge is -2.21. The Morgan fingerprint density at radius 2 is 1.89 bits per heavy atom. The van der Waals surface area contributed by atoms with Crippen molar-refractivity contribution in [2.45, 2.75) is 33.1 Å². The highest BCUT2D eigenvalue weighted by atomic mass is 16.3. The van der Waals surface area contributed by atoms with E-state index in [9.17, 15) is 15.0 Å². The van der Waals surface area contributed by atoms with Crippen LogP contribution in [0.25, 0.3) is 0 Å². The molecule has 0 saturated carbocycles. The third kappa shape index (κ3) is 3.39. The predicted octanol–water partition coefficient (Wildman–Crippen LogP) is 2.46. The number of nitrogens with zero attached hydrogens (tertiary/aromatic N) is 1. The standard InChI is InChI=1S/C14H21NO3/c1-4-15(5-2)14(18)8-10(3)12-7-6-11(16)9-13(12)17/h6-7,9-10,16-17H,4-5,8H2,1-3H3. The number of hydrogen-bond donors (Lipinski definition) is 2. The lowest BCUT2D eigenvalue weighted by Crippen LogP contribution is -2.31. The van der Waals surface area contributed by atoms with Gasteiger partial charge in [-0.1, -0.05) is 13.0 Å². The molecule has 0 fully saturated rings. The van der Waals surface area contributed by atoms with Gasteiger partial charge in [0.1, 0.15) is 11.5 Å². The summed E-state index contributed by atoms with van der Waals surface area (Å²) in [7, 11) is 0. The van der Waals surface area contributed by atoms with Gasteiger partial charge < -0.3 is 15.1 Å². The normalized spacial score (nSPS) is 12.2. The summed E-state index contributed by atoms with van der Waals surface area (Å²) in [6.45, 7) is 7.19. The maximum atomic E-state index is 12.0. The maximum absolute atomic E-state index is 12.0. The molecule has 1 rings (SSSR count). The van der Waals surface area contributed by atoms with E-state index in [-0.39, 0.29) is 23.3 Å². The Hall–Kier alpha value is -1.71. The van der Waals surface area contributed by atoms with Crippen LogP contribution < -0.4 is 0 Å². The van der Waals surface area contributed by atoms with Gasteiger partial charge in [0.05, 0.1) is 0 Å². The fourth-order valence-corrected chi connectivity index (χ4v) is 2.03. The average Bonchev–Trinajstić information content (AvgIpc) is 2.30. The maximum Gasteiger partial charge on any atom is 0.223 e. The second-order valence-electron chi connectivity index (χ2n) is 4.41. The number of carbonyl (C=O) groups is 1. The molecule has 1 aromatic rings. The van der Waals surface area contributed by atoms with Crippen LogP contribution >= 0.6 is 0 Å². The van der Waals surface area contributed by atoms with Crippen molar-refractivity contribution < 1.29 is 15.0 Å². The molecule has 0 spiro atoms. The van der Waals surface area contributed by atoms with Gasteiger partial charge in [-0.05, 0) is 31.4 Å². The molecule has 0 aromatic heterocycles. The van der Waals surface area contributed by atoms with Crippen molar-refractivity contribution in [3.8, 4) is 11.5 Å². The van der Waals surface area contributed by atoms with Crippen molar-refractivity contribution >= 4 is 5.91 Å². The Kier molecular flexibility index (Phi) is 5.01. The first-order chi connectivity index (χ1) is 8.49. The average molecular weight is 251 g/mol. The van der Waals surface area contributed by atoms with E-state index in [1.54, 1.807) is 11.0 Å². The van der Waals surface area contributed by atoms with E-state index >= 15 is 0 Å². The molecule has 1 atom stereocenters. The van der Waals surface area contributed by atoms with Gasteiger partial charge >= 0.3 is 0 Å². The highest BCUT2D eigenvalue weighted by molar-refractivity contribution is 5.77. The minimum absolute atomic E-state index is 0.0264. The number of benzene rings is 1. The van der Waals surface area contributed by atoms with E-state index in [2.05, 4.69) is 0 Å². The van der Waals surface area contributed by atoms with Crippen molar-refractivity contribution in [2.75, 3.05) is 13.1 Å². The number of amides is 1. The van der Waals surface area contributed by atoms with Crippen LogP contribution in [0.2, 0.25) is 0 Å². The molecule has 0 radical (unpaired) electrons. The Labute approximate surface area is 108 Å². The summed E-state index contributed by atoms with van der Waals surface area (Å²) in [4.78, 5) is 13.7. The topological polar surface area (TPSA) is 60.8 Å². The number of phenolic OH excluding ortho intramolecular Hbond substituents is 2. The van der Waals surface area contributed by atoms with Gasteiger partial charge in [-0.25, -0.2) is 0 Å². The van der Waals surface area contributed by atoms with Crippen LogP contribution in [0.5, 0.6) is 11.5 Å². The third-order valence-electron chi connectivity index (χ3n) is 3.14. The van der Waals surface area contributed by atoms with Gasteiger partial charge in [-0.2, -0.15) is 0 Å². The molecule has 0 aliphatic rings. The monoisotopic (exact) mass is 251 g/mol. The summed E-state index contributed by atoms with van der Waals surface area (Å²) in [6.07, 6.45) is 0.361. The van der Waals surface area contributed by atoms with E-state index < -0.39 is 0 Å². The molecule has 2 N–H and O–H groups in total. The van der Waals surface area contributed by atoms with Crippen LogP contribution in [0.3, 0.4) is 0 Å². The van der Waals surface area contributed by atoms with Crippen LogP contribution in [-0.2, 0) is 4.79 Å².